The Bertz CT molecular complexity index is 1300. The van der Waals surface area contributed by atoms with E-state index in [1.807, 2.05) is 53.2 Å². The van der Waals surface area contributed by atoms with Gasteiger partial charge in [0, 0.05) is 34.3 Å². The van der Waals surface area contributed by atoms with Gasteiger partial charge in [0.05, 0.1) is 5.52 Å². The second-order valence-corrected chi connectivity index (χ2v) is 8.27. The van der Waals surface area contributed by atoms with Crippen molar-refractivity contribution in [2.45, 2.75) is 19.9 Å². The molecule has 0 bridgehead atoms. The lowest BCUT2D eigenvalue weighted by atomic mass is 10.0. The average Bonchev–Trinajstić information content (AvgIpc) is 3.50. The molecule has 0 aliphatic heterocycles. The van der Waals surface area contributed by atoms with Gasteiger partial charge in [0.1, 0.15) is 11.9 Å². The van der Waals surface area contributed by atoms with Crippen LogP contribution in [0.15, 0.2) is 70.1 Å². The first-order valence-corrected chi connectivity index (χ1v) is 10.9. The standard InChI is InChI=1S/C23H20N6OS/c1-14(2)19(23-28-21(29-30-23)15-6-5-10-24-12-15)26-22-17-7-3-4-8-18(17)25-20(27-22)16-9-11-31-13-16/h3-14,19H,1-2H3,(H,25,26,27). The van der Waals surface area contributed by atoms with Crippen LogP contribution in [0.3, 0.4) is 0 Å². The molecule has 0 aliphatic carbocycles. The first kappa shape index (κ1) is 19.3. The number of benzene rings is 1. The van der Waals surface area contributed by atoms with Crippen LogP contribution in [0.1, 0.15) is 25.8 Å². The van der Waals surface area contributed by atoms with Crippen LogP contribution in [0, 0.1) is 5.92 Å². The van der Waals surface area contributed by atoms with E-state index in [-0.39, 0.29) is 12.0 Å². The van der Waals surface area contributed by atoms with E-state index in [1.165, 1.54) is 0 Å². The summed E-state index contributed by atoms with van der Waals surface area (Å²) in [7, 11) is 0. The first-order valence-electron chi connectivity index (χ1n) is 9.99. The molecule has 1 N–H and O–H groups in total. The Balaban J connectivity index is 1.55. The predicted molar refractivity (Wildman–Crippen MR) is 122 cm³/mol. The van der Waals surface area contributed by atoms with E-state index in [4.69, 9.17) is 14.5 Å². The molecule has 31 heavy (non-hydrogen) atoms. The maximum atomic E-state index is 5.64. The zero-order valence-corrected chi connectivity index (χ0v) is 17.9. The predicted octanol–water partition coefficient (Wildman–Crippen LogP) is 5.61. The van der Waals surface area contributed by atoms with Crippen molar-refractivity contribution in [1.82, 2.24) is 25.1 Å². The molecule has 0 aliphatic rings. The van der Waals surface area contributed by atoms with Crippen LogP contribution < -0.4 is 5.32 Å². The molecule has 154 valence electrons. The smallest absolute Gasteiger partial charge is 0.249 e. The third kappa shape index (κ3) is 3.89. The van der Waals surface area contributed by atoms with Gasteiger partial charge >= 0.3 is 0 Å². The van der Waals surface area contributed by atoms with Gasteiger partial charge in [-0.25, -0.2) is 9.97 Å². The van der Waals surface area contributed by atoms with Crippen LogP contribution >= 0.6 is 11.3 Å². The third-order valence-electron chi connectivity index (χ3n) is 4.97. The van der Waals surface area contributed by atoms with Crippen molar-refractivity contribution in [3.05, 3.63) is 71.5 Å². The molecule has 1 atom stereocenters. The Labute approximate surface area is 183 Å². The Morgan fingerprint density at radius 2 is 1.84 bits per heavy atom. The van der Waals surface area contributed by atoms with Crippen LogP contribution in [-0.2, 0) is 0 Å². The Morgan fingerprint density at radius 1 is 0.935 bits per heavy atom. The van der Waals surface area contributed by atoms with Crippen molar-refractivity contribution >= 4 is 28.1 Å². The summed E-state index contributed by atoms with van der Waals surface area (Å²) in [5.41, 5.74) is 2.69. The molecule has 0 radical (unpaired) electrons. The highest BCUT2D eigenvalue weighted by Gasteiger charge is 2.25. The second-order valence-electron chi connectivity index (χ2n) is 7.49. The van der Waals surface area contributed by atoms with Gasteiger partial charge in [0.25, 0.3) is 0 Å². The summed E-state index contributed by atoms with van der Waals surface area (Å²) in [5.74, 6) is 2.63. The highest BCUT2D eigenvalue weighted by atomic mass is 32.1. The SMILES string of the molecule is CC(C)C(Nc1nc(-c2ccsc2)nc2ccccc12)c1nc(-c2cccnc2)no1. The second kappa shape index (κ2) is 8.23. The van der Waals surface area contributed by atoms with E-state index in [1.54, 1.807) is 23.7 Å². The van der Waals surface area contributed by atoms with E-state index in [2.05, 4.69) is 34.3 Å². The molecule has 1 unspecified atom stereocenters. The fourth-order valence-corrected chi connectivity index (χ4v) is 3.98. The van der Waals surface area contributed by atoms with Crippen LogP contribution in [0.2, 0.25) is 0 Å². The summed E-state index contributed by atoms with van der Waals surface area (Å²) >= 11 is 1.62. The summed E-state index contributed by atoms with van der Waals surface area (Å²) in [5, 5.41) is 12.7. The molecule has 5 aromatic rings. The van der Waals surface area contributed by atoms with Crippen LogP contribution in [0.25, 0.3) is 33.7 Å². The molecular weight excluding hydrogens is 408 g/mol. The van der Waals surface area contributed by atoms with E-state index >= 15 is 0 Å². The minimum atomic E-state index is -0.216. The summed E-state index contributed by atoms with van der Waals surface area (Å²) < 4.78 is 5.64. The molecule has 0 saturated carbocycles. The van der Waals surface area contributed by atoms with E-state index in [0.717, 1.165) is 27.8 Å². The monoisotopic (exact) mass is 428 g/mol. The first-order chi connectivity index (χ1) is 15.2. The number of anilines is 1. The summed E-state index contributed by atoms with van der Waals surface area (Å²) in [6, 6.07) is 13.5. The number of thiophene rings is 1. The Kier molecular flexibility index (Phi) is 5.13. The number of hydrogen-bond acceptors (Lipinski definition) is 8. The number of fused-ring (bicyclic) bond motifs is 1. The number of para-hydroxylation sites is 1. The molecular formula is C23H20N6OS. The van der Waals surface area contributed by atoms with Gasteiger partial charge in [-0.15, -0.1) is 0 Å². The van der Waals surface area contributed by atoms with Crippen molar-refractivity contribution in [1.29, 1.82) is 0 Å². The number of pyridine rings is 1. The van der Waals surface area contributed by atoms with Crippen LogP contribution in [0.5, 0.6) is 0 Å². The quantitative estimate of drug-likeness (QED) is 0.376. The maximum absolute atomic E-state index is 5.64. The summed E-state index contributed by atoms with van der Waals surface area (Å²) in [6.45, 7) is 4.21. The fraction of sp³-hybridized carbons (Fsp3) is 0.174. The molecule has 0 amide bonds. The van der Waals surface area contributed by atoms with E-state index in [0.29, 0.717) is 17.5 Å². The van der Waals surface area contributed by atoms with Gasteiger partial charge in [0.2, 0.25) is 11.7 Å². The Morgan fingerprint density at radius 3 is 2.61 bits per heavy atom. The molecule has 4 aromatic heterocycles. The maximum Gasteiger partial charge on any atom is 0.249 e. The topological polar surface area (TPSA) is 89.6 Å². The molecule has 4 heterocycles. The van der Waals surface area contributed by atoms with Gasteiger partial charge in [0.15, 0.2) is 5.82 Å². The lowest BCUT2D eigenvalue weighted by Gasteiger charge is -2.20. The van der Waals surface area contributed by atoms with E-state index in [9.17, 15) is 0 Å². The van der Waals surface area contributed by atoms with Gasteiger partial charge in [-0.05, 0) is 41.6 Å². The van der Waals surface area contributed by atoms with Gasteiger partial charge in [-0.3, -0.25) is 4.98 Å². The summed E-state index contributed by atoms with van der Waals surface area (Å²) in [6.07, 6.45) is 3.44. The fourth-order valence-electron chi connectivity index (χ4n) is 3.34. The number of nitrogens with one attached hydrogen (secondary N) is 1. The molecule has 0 saturated heterocycles. The van der Waals surface area contributed by atoms with Gasteiger partial charge < -0.3 is 9.84 Å². The number of rotatable bonds is 6. The van der Waals surface area contributed by atoms with Gasteiger partial charge in [-0.1, -0.05) is 31.1 Å². The lowest BCUT2D eigenvalue weighted by molar-refractivity contribution is 0.336. The van der Waals surface area contributed by atoms with Crippen molar-refractivity contribution in [3.63, 3.8) is 0 Å². The summed E-state index contributed by atoms with van der Waals surface area (Å²) in [4.78, 5) is 18.3. The number of nitrogens with zero attached hydrogens (tertiary/aromatic N) is 5. The third-order valence-corrected chi connectivity index (χ3v) is 5.65. The normalized spacial score (nSPS) is 12.4. The zero-order valence-electron chi connectivity index (χ0n) is 17.1. The van der Waals surface area contributed by atoms with Crippen molar-refractivity contribution in [2.75, 3.05) is 5.32 Å². The minimum absolute atomic E-state index is 0.181. The minimum Gasteiger partial charge on any atom is -0.358 e. The molecule has 0 spiro atoms. The van der Waals surface area contributed by atoms with Crippen molar-refractivity contribution in [2.24, 2.45) is 5.92 Å². The molecule has 0 fully saturated rings. The number of aromatic nitrogens is 5. The van der Waals surface area contributed by atoms with Crippen molar-refractivity contribution < 1.29 is 4.52 Å². The number of hydrogen-bond donors (Lipinski definition) is 1. The molecule has 5 rings (SSSR count). The zero-order chi connectivity index (χ0) is 21.2. The lowest BCUT2D eigenvalue weighted by Crippen LogP contribution is -2.18. The highest BCUT2D eigenvalue weighted by Crippen LogP contribution is 2.31. The van der Waals surface area contributed by atoms with Gasteiger partial charge in [-0.2, -0.15) is 16.3 Å². The molecule has 7 nitrogen and oxygen atoms in total. The van der Waals surface area contributed by atoms with E-state index < -0.39 is 0 Å². The average molecular weight is 429 g/mol. The molecule has 1 aromatic carbocycles. The molecule has 8 heteroatoms. The van der Waals surface area contributed by atoms with Crippen molar-refractivity contribution in [3.8, 4) is 22.8 Å². The Hall–Kier alpha value is -3.65. The highest BCUT2D eigenvalue weighted by molar-refractivity contribution is 7.08. The van der Waals surface area contributed by atoms with Crippen LogP contribution in [-0.4, -0.2) is 25.1 Å². The van der Waals surface area contributed by atoms with Crippen LogP contribution in [0.4, 0.5) is 5.82 Å². The largest absolute Gasteiger partial charge is 0.358 e.